The van der Waals surface area contributed by atoms with Crippen molar-refractivity contribution in [1.29, 1.82) is 0 Å². The Balaban J connectivity index is 0.00000112. The van der Waals surface area contributed by atoms with Crippen LogP contribution in [0, 0.1) is 5.92 Å². The third kappa shape index (κ3) is 5.16. The standard InChI is InChI=1S/C10H17N3O.ClH/c1-2-9(1)8-14-6-5-11-7-10-12-3-4-13-10;/h3-4,9,11H,1-2,5-8H2,(H,12,13);1H. The Morgan fingerprint density at radius 1 is 1.53 bits per heavy atom. The van der Waals surface area contributed by atoms with Gasteiger partial charge < -0.3 is 15.0 Å². The third-order valence-electron chi connectivity index (χ3n) is 2.32. The summed E-state index contributed by atoms with van der Waals surface area (Å²) in [5, 5.41) is 3.26. The maximum absolute atomic E-state index is 5.48. The summed E-state index contributed by atoms with van der Waals surface area (Å²) >= 11 is 0. The van der Waals surface area contributed by atoms with E-state index in [0.717, 1.165) is 38.0 Å². The summed E-state index contributed by atoms with van der Waals surface area (Å²) in [5.41, 5.74) is 0. The summed E-state index contributed by atoms with van der Waals surface area (Å²) in [6.45, 7) is 3.44. The quantitative estimate of drug-likeness (QED) is 0.697. The number of H-pyrrole nitrogens is 1. The molecule has 15 heavy (non-hydrogen) atoms. The molecule has 4 nitrogen and oxygen atoms in total. The highest BCUT2D eigenvalue weighted by molar-refractivity contribution is 5.85. The smallest absolute Gasteiger partial charge is 0.120 e. The van der Waals surface area contributed by atoms with Crippen LogP contribution in [-0.4, -0.2) is 29.7 Å². The van der Waals surface area contributed by atoms with Gasteiger partial charge in [0.1, 0.15) is 5.82 Å². The average Bonchev–Trinajstić information content (AvgIpc) is 2.87. The van der Waals surface area contributed by atoms with Crippen LogP contribution in [0.1, 0.15) is 18.7 Å². The molecule has 86 valence electrons. The number of ether oxygens (including phenoxy) is 1. The lowest BCUT2D eigenvalue weighted by Gasteiger charge is -2.03. The number of halogens is 1. The lowest BCUT2D eigenvalue weighted by atomic mass is 10.5. The van der Waals surface area contributed by atoms with E-state index in [1.807, 2.05) is 6.20 Å². The molecule has 1 aromatic heterocycles. The molecular formula is C10H18ClN3O. The zero-order chi connectivity index (χ0) is 9.64. The fourth-order valence-corrected chi connectivity index (χ4v) is 1.28. The zero-order valence-electron chi connectivity index (χ0n) is 8.74. The molecule has 0 amide bonds. The molecule has 1 fully saturated rings. The van der Waals surface area contributed by atoms with E-state index in [1.165, 1.54) is 12.8 Å². The van der Waals surface area contributed by atoms with Crippen LogP contribution in [0.4, 0.5) is 0 Å². The van der Waals surface area contributed by atoms with Gasteiger partial charge in [-0.15, -0.1) is 12.4 Å². The molecule has 5 heteroatoms. The van der Waals surface area contributed by atoms with Crippen LogP contribution in [0.15, 0.2) is 12.4 Å². The Bertz CT molecular complexity index is 249. The van der Waals surface area contributed by atoms with Gasteiger partial charge in [-0.2, -0.15) is 0 Å². The van der Waals surface area contributed by atoms with Gasteiger partial charge in [0.05, 0.1) is 13.2 Å². The van der Waals surface area contributed by atoms with Crippen molar-refractivity contribution in [3.8, 4) is 0 Å². The molecule has 0 spiro atoms. The van der Waals surface area contributed by atoms with Crippen molar-refractivity contribution in [3.05, 3.63) is 18.2 Å². The van der Waals surface area contributed by atoms with E-state index in [4.69, 9.17) is 4.74 Å². The summed E-state index contributed by atoms with van der Waals surface area (Å²) in [7, 11) is 0. The summed E-state index contributed by atoms with van der Waals surface area (Å²) in [6.07, 6.45) is 6.32. The molecule has 0 aliphatic heterocycles. The van der Waals surface area contributed by atoms with Gasteiger partial charge in [-0.1, -0.05) is 0 Å². The molecule has 1 saturated carbocycles. The molecule has 0 saturated heterocycles. The van der Waals surface area contributed by atoms with E-state index in [9.17, 15) is 0 Å². The van der Waals surface area contributed by atoms with Gasteiger partial charge in [-0.05, 0) is 18.8 Å². The van der Waals surface area contributed by atoms with Crippen molar-refractivity contribution >= 4 is 12.4 Å². The number of aromatic nitrogens is 2. The molecule has 0 atom stereocenters. The van der Waals surface area contributed by atoms with Crippen molar-refractivity contribution < 1.29 is 4.74 Å². The molecule has 0 aromatic carbocycles. The summed E-state index contributed by atoms with van der Waals surface area (Å²) in [4.78, 5) is 7.16. The molecule has 1 heterocycles. The van der Waals surface area contributed by atoms with E-state index in [0.29, 0.717) is 0 Å². The van der Waals surface area contributed by atoms with Crippen molar-refractivity contribution in [2.45, 2.75) is 19.4 Å². The van der Waals surface area contributed by atoms with E-state index < -0.39 is 0 Å². The first-order chi connectivity index (χ1) is 6.95. The molecule has 0 bridgehead atoms. The van der Waals surface area contributed by atoms with Crippen molar-refractivity contribution in [2.75, 3.05) is 19.8 Å². The van der Waals surface area contributed by atoms with Crippen LogP contribution in [0.3, 0.4) is 0 Å². The predicted molar refractivity (Wildman–Crippen MR) is 61.1 cm³/mol. The second-order valence-electron chi connectivity index (χ2n) is 3.73. The second kappa shape index (κ2) is 6.82. The monoisotopic (exact) mass is 231 g/mol. The maximum Gasteiger partial charge on any atom is 0.120 e. The topological polar surface area (TPSA) is 49.9 Å². The highest BCUT2D eigenvalue weighted by Crippen LogP contribution is 2.28. The Morgan fingerprint density at radius 2 is 2.40 bits per heavy atom. The first-order valence-corrected chi connectivity index (χ1v) is 5.22. The van der Waals surface area contributed by atoms with E-state index in [1.54, 1.807) is 6.20 Å². The summed E-state index contributed by atoms with van der Waals surface area (Å²) in [5.74, 6) is 1.84. The van der Waals surface area contributed by atoms with E-state index >= 15 is 0 Å². The first kappa shape index (κ1) is 12.5. The minimum Gasteiger partial charge on any atom is -0.380 e. The van der Waals surface area contributed by atoms with Gasteiger partial charge in [0, 0.05) is 25.5 Å². The van der Waals surface area contributed by atoms with Crippen molar-refractivity contribution in [3.63, 3.8) is 0 Å². The Morgan fingerprint density at radius 3 is 3.07 bits per heavy atom. The fourth-order valence-electron chi connectivity index (χ4n) is 1.28. The number of nitrogens with one attached hydrogen (secondary N) is 2. The fraction of sp³-hybridized carbons (Fsp3) is 0.700. The van der Waals surface area contributed by atoms with Gasteiger partial charge in [-0.3, -0.25) is 0 Å². The summed E-state index contributed by atoms with van der Waals surface area (Å²) in [6, 6.07) is 0. The molecule has 0 radical (unpaired) electrons. The molecule has 2 N–H and O–H groups in total. The Labute approximate surface area is 96.2 Å². The van der Waals surface area contributed by atoms with Crippen LogP contribution in [0.25, 0.3) is 0 Å². The first-order valence-electron chi connectivity index (χ1n) is 5.22. The minimum atomic E-state index is 0. The van der Waals surface area contributed by atoms with Crippen LogP contribution >= 0.6 is 12.4 Å². The number of rotatable bonds is 7. The normalized spacial score (nSPS) is 14.9. The van der Waals surface area contributed by atoms with E-state index in [-0.39, 0.29) is 12.4 Å². The van der Waals surface area contributed by atoms with Crippen LogP contribution in [-0.2, 0) is 11.3 Å². The van der Waals surface area contributed by atoms with Crippen molar-refractivity contribution in [2.24, 2.45) is 5.92 Å². The Hall–Kier alpha value is -0.580. The molecule has 1 aromatic rings. The lowest BCUT2D eigenvalue weighted by molar-refractivity contribution is 0.126. The number of aromatic amines is 1. The molecule has 1 aliphatic rings. The van der Waals surface area contributed by atoms with Crippen LogP contribution < -0.4 is 5.32 Å². The molecule has 0 unspecified atom stereocenters. The lowest BCUT2D eigenvalue weighted by Crippen LogP contribution is -2.20. The predicted octanol–water partition coefficient (Wildman–Crippen LogP) is 1.35. The highest BCUT2D eigenvalue weighted by Gasteiger charge is 2.20. The Kier molecular flexibility index (Phi) is 5.68. The minimum absolute atomic E-state index is 0. The highest BCUT2D eigenvalue weighted by atomic mass is 35.5. The summed E-state index contributed by atoms with van der Waals surface area (Å²) < 4.78 is 5.48. The van der Waals surface area contributed by atoms with E-state index in [2.05, 4.69) is 15.3 Å². The zero-order valence-corrected chi connectivity index (χ0v) is 9.55. The van der Waals surface area contributed by atoms with Gasteiger partial charge in [0.2, 0.25) is 0 Å². The van der Waals surface area contributed by atoms with Gasteiger partial charge in [-0.25, -0.2) is 4.98 Å². The molecular weight excluding hydrogens is 214 g/mol. The number of nitrogens with zero attached hydrogens (tertiary/aromatic N) is 1. The second-order valence-corrected chi connectivity index (χ2v) is 3.73. The number of hydrogen-bond donors (Lipinski definition) is 2. The third-order valence-corrected chi connectivity index (χ3v) is 2.32. The maximum atomic E-state index is 5.48. The molecule has 1 aliphatic carbocycles. The average molecular weight is 232 g/mol. The van der Waals surface area contributed by atoms with Gasteiger partial charge in [0.25, 0.3) is 0 Å². The SMILES string of the molecule is Cl.c1c[nH]c(CNCCOCC2CC2)n1. The van der Waals surface area contributed by atoms with Crippen LogP contribution in [0.5, 0.6) is 0 Å². The van der Waals surface area contributed by atoms with Crippen molar-refractivity contribution in [1.82, 2.24) is 15.3 Å². The van der Waals surface area contributed by atoms with Crippen LogP contribution in [0.2, 0.25) is 0 Å². The van der Waals surface area contributed by atoms with Gasteiger partial charge in [0.15, 0.2) is 0 Å². The largest absolute Gasteiger partial charge is 0.380 e. The number of imidazole rings is 1. The molecule has 2 rings (SSSR count). The number of hydrogen-bond acceptors (Lipinski definition) is 3. The van der Waals surface area contributed by atoms with Gasteiger partial charge >= 0.3 is 0 Å².